The van der Waals surface area contributed by atoms with Crippen LogP contribution in [0.1, 0.15) is 62.0 Å². The molecule has 21 heavy (non-hydrogen) atoms. The number of rotatable bonds is 4. The Morgan fingerprint density at radius 1 is 1.38 bits per heavy atom. The number of ether oxygens (including phenoxy) is 1. The summed E-state index contributed by atoms with van der Waals surface area (Å²) in [6, 6.07) is 7.85. The Kier molecular flexibility index (Phi) is 4.03. The van der Waals surface area contributed by atoms with Crippen molar-refractivity contribution in [3.63, 3.8) is 0 Å². The number of hydrogen-bond donors (Lipinski definition) is 1. The number of carbonyl (C=O) groups is 1. The van der Waals surface area contributed by atoms with Gasteiger partial charge in [-0.15, -0.1) is 0 Å². The highest BCUT2D eigenvalue weighted by atomic mass is 16.5. The SMILES string of the molecule is Cc1cccc(C(CC2CCC3(CCCC3)O2)C(=O)O)c1. The summed E-state index contributed by atoms with van der Waals surface area (Å²) in [4.78, 5) is 11.7. The first-order valence-electron chi connectivity index (χ1n) is 8.05. The Bertz CT molecular complexity index is 517. The van der Waals surface area contributed by atoms with Crippen LogP contribution in [0.15, 0.2) is 24.3 Å². The quantitative estimate of drug-likeness (QED) is 0.909. The minimum atomic E-state index is -0.739. The van der Waals surface area contributed by atoms with Crippen molar-refractivity contribution in [2.24, 2.45) is 0 Å². The molecule has 2 fully saturated rings. The van der Waals surface area contributed by atoms with Gasteiger partial charge in [-0.25, -0.2) is 0 Å². The predicted molar refractivity (Wildman–Crippen MR) is 81.5 cm³/mol. The monoisotopic (exact) mass is 288 g/mol. The third-order valence-electron chi connectivity index (χ3n) is 5.09. The van der Waals surface area contributed by atoms with Gasteiger partial charge in [-0.2, -0.15) is 0 Å². The van der Waals surface area contributed by atoms with Crippen LogP contribution in [0.25, 0.3) is 0 Å². The lowest BCUT2D eigenvalue weighted by Gasteiger charge is -2.25. The fourth-order valence-corrected chi connectivity index (χ4v) is 3.98. The second-order valence-electron chi connectivity index (χ2n) is 6.71. The van der Waals surface area contributed by atoms with Crippen molar-refractivity contribution in [1.82, 2.24) is 0 Å². The molecule has 0 radical (unpaired) electrons. The summed E-state index contributed by atoms with van der Waals surface area (Å²) in [5.41, 5.74) is 2.09. The molecule has 1 aliphatic carbocycles. The summed E-state index contributed by atoms with van der Waals surface area (Å²) in [6.45, 7) is 2.00. The minimum Gasteiger partial charge on any atom is -0.481 e. The maximum atomic E-state index is 11.7. The van der Waals surface area contributed by atoms with Crippen molar-refractivity contribution < 1.29 is 14.6 Å². The molecule has 3 nitrogen and oxygen atoms in total. The zero-order valence-electron chi connectivity index (χ0n) is 12.7. The zero-order chi connectivity index (χ0) is 14.9. The molecule has 1 aromatic carbocycles. The highest BCUT2D eigenvalue weighted by Gasteiger charge is 2.43. The third kappa shape index (κ3) is 3.13. The van der Waals surface area contributed by atoms with E-state index in [4.69, 9.17) is 4.74 Å². The molecule has 1 aliphatic heterocycles. The summed E-state index contributed by atoms with van der Waals surface area (Å²) in [5.74, 6) is -1.19. The normalized spacial score (nSPS) is 25.3. The van der Waals surface area contributed by atoms with Crippen molar-refractivity contribution >= 4 is 5.97 Å². The van der Waals surface area contributed by atoms with Gasteiger partial charge in [-0.05, 0) is 44.6 Å². The molecule has 2 atom stereocenters. The molecule has 3 rings (SSSR count). The fourth-order valence-electron chi connectivity index (χ4n) is 3.98. The highest BCUT2D eigenvalue weighted by Crippen LogP contribution is 2.45. The highest BCUT2D eigenvalue weighted by molar-refractivity contribution is 5.76. The molecule has 1 saturated heterocycles. The van der Waals surface area contributed by atoms with Crippen molar-refractivity contribution in [2.45, 2.75) is 69.5 Å². The molecule has 0 amide bonds. The minimum absolute atomic E-state index is 0.0837. The lowest BCUT2D eigenvalue weighted by atomic mass is 9.91. The van der Waals surface area contributed by atoms with Gasteiger partial charge in [0.05, 0.1) is 17.6 Å². The van der Waals surface area contributed by atoms with Crippen molar-refractivity contribution in [3.8, 4) is 0 Å². The van der Waals surface area contributed by atoms with E-state index >= 15 is 0 Å². The second kappa shape index (κ2) is 5.80. The average Bonchev–Trinajstić information content (AvgIpc) is 3.06. The first-order valence-corrected chi connectivity index (χ1v) is 8.05. The Hall–Kier alpha value is -1.35. The van der Waals surface area contributed by atoms with Crippen LogP contribution in [0.3, 0.4) is 0 Å². The van der Waals surface area contributed by atoms with Crippen LogP contribution in [-0.4, -0.2) is 22.8 Å². The molecule has 2 unspecified atom stereocenters. The van der Waals surface area contributed by atoms with Gasteiger partial charge in [0.15, 0.2) is 0 Å². The van der Waals surface area contributed by atoms with Crippen LogP contribution in [-0.2, 0) is 9.53 Å². The Morgan fingerprint density at radius 3 is 2.81 bits per heavy atom. The van der Waals surface area contributed by atoms with Crippen molar-refractivity contribution in [2.75, 3.05) is 0 Å². The lowest BCUT2D eigenvalue weighted by Crippen LogP contribution is -2.26. The Labute approximate surface area is 126 Å². The molecular formula is C18H24O3. The molecule has 3 heteroatoms. The molecule has 1 spiro atoms. The standard InChI is InChI=1S/C18H24O3/c1-13-5-4-6-14(11-13)16(17(19)20)12-15-7-10-18(21-15)8-2-3-9-18/h4-6,11,15-16H,2-3,7-10,12H2,1H3,(H,19,20). The van der Waals surface area contributed by atoms with Gasteiger partial charge in [-0.1, -0.05) is 42.7 Å². The van der Waals surface area contributed by atoms with Gasteiger partial charge in [0.25, 0.3) is 0 Å². The molecule has 1 saturated carbocycles. The second-order valence-corrected chi connectivity index (χ2v) is 6.71. The molecule has 1 N–H and O–H groups in total. The van der Waals surface area contributed by atoms with E-state index in [1.54, 1.807) is 0 Å². The van der Waals surface area contributed by atoms with Gasteiger partial charge < -0.3 is 9.84 Å². The van der Waals surface area contributed by atoms with Gasteiger partial charge in [0.1, 0.15) is 0 Å². The van der Waals surface area contributed by atoms with Gasteiger partial charge in [-0.3, -0.25) is 4.79 Å². The van der Waals surface area contributed by atoms with E-state index < -0.39 is 11.9 Å². The molecule has 114 valence electrons. The number of carboxylic acids is 1. The number of hydrogen-bond acceptors (Lipinski definition) is 2. The van der Waals surface area contributed by atoms with Gasteiger partial charge in [0.2, 0.25) is 0 Å². The largest absolute Gasteiger partial charge is 0.481 e. The van der Waals surface area contributed by atoms with Gasteiger partial charge >= 0.3 is 5.97 Å². The molecule has 1 aromatic rings. The topological polar surface area (TPSA) is 46.5 Å². The van der Waals surface area contributed by atoms with E-state index in [2.05, 4.69) is 0 Å². The van der Waals surface area contributed by atoms with Crippen molar-refractivity contribution in [3.05, 3.63) is 35.4 Å². The van der Waals surface area contributed by atoms with E-state index in [0.29, 0.717) is 6.42 Å². The third-order valence-corrected chi connectivity index (χ3v) is 5.09. The van der Waals surface area contributed by atoms with E-state index in [1.165, 1.54) is 12.8 Å². The first-order chi connectivity index (χ1) is 10.1. The maximum absolute atomic E-state index is 11.7. The van der Waals surface area contributed by atoms with Crippen LogP contribution in [0.2, 0.25) is 0 Å². The number of aryl methyl sites for hydroxylation is 1. The zero-order valence-corrected chi connectivity index (χ0v) is 12.7. The number of aliphatic carboxylic acids is 1. The van der Waals surface area contributed by atoms with Crippen LogP contribution in [0.4, 0.5) is 0 Å². The number of carboxylic acid groups (broad SMARTS) is 1. The van der Waals surface area contributed by atoms with Crippen LogP contribution >= 0.6 is 0 Å². The van der Waals surface area contributed by atoms with Crippen LogP contribution in [0, 0.1) is 6.92 Å². The van der Waals surface area contributed by atoms with E-state index in [1.807, 2.05) is 31.2 Å². The summed E-state index contributed by atoms with van der Waals surface area (Å²) < 4.78 is 6.28. The fraction of sp³-hybridized carbons (Fsp3) is 0.611. The van der Waals surface area contributed by atoms with E-state index in [0.717, 1.165) is 36.8 Å². The smallest absolute Gasteiger partial charge is 0.311 e. The molecular weight excluding hydrogens is 264 g/mol. The maximum Gasteiger partial charge on any atom is 0.311 e. The summed E-state index contributed by atoms with van der Waals surface area (Å²) >= 11 is 0. The first kappa shape index (κ1) is 14.6. The average molecular weight is 288 g/mol. The van der Waals surface area contributed by atoms with Crippen molar-refractivity contribution in [1.29, 1.82) is 0 Å². The summed E-state index contributed by atoms with van der Waals surface area (Å²) in [7, 11) is 0. The lowest BCUT2D eigenvalue weighted by molar-refractivity contribution is -0.140. The molecule has 0 bridgehead atoms. The van der Waals surface area contributed by atoms with Gasteiger partial charge in [0, 0.05) is 0 Å². The Balaban J connectivity index is 1.70. The van der Waals surface area contributed by atoms with E-state index in [9.17, 15) is 9.90 Å². The summed E-state index contributed by atoms with van der Waals surface area (Å²) in [6.07, 6.45) is 7.65. The molecule has 0 aromatic heterocycles. The summed E-state index contributed by atoms with van der Waals surface area (Å²) in [5, 5.41) is 9.58. The van der Waals surface area contributed by atoms with Crippen LogP contribution in [0.5, 0.6) is 0 Å². The predicted octanol–water partition coefficient (Wildman–Crippen LogP) is 4.05. The Morgan fingerprint density at radius 2 is 2.14 bits per heavy atom. The van der Waals surface area contributed by atoms with Crippen LogP contribution < -0.4 is 0 Å². The number of benzene rings is 1. The molecule has 1 heterocycles. The van der Waals surface area contributed by atoms with E-state index in [-0.39, 0.29) is 11.7 Å². The molecule has 2 aliphatic rings.